The molecule has 2 aromatic rings. The highest BCUT2D eigenvalue weighted by atomic mass is 16.6. The lowest BCUT2D eigenvalue weighted by atomic mass is 10.0. The normalized spacial score (nSPS) is 13.9. The minimum atomic E-state index is -0.914. The van der Waals surface area contributed by atoms with Crippen molar-refractivity contribution in [2.24, 2.45) is 0 Å². The van der Waals surface area contributed by atoms with Crippen LogP contribution in [-0.2, 0) is 37.0 Å². The first kappa shape index (κ1) is 28.7. The Hall–Kier alpha value is -3.88. The highest BCUT2D eigenvalue weighted by molar-refractivity contribution is 6.32. The molecule has 1 aliphatic rings. The Kier molecular flexibility index (Phi) is 9.87. The summed E-state index contributed by atoms with van der Waals surface area (Å²) in [4.78, 5) is 53.3. The lowest BCUT2D eigenvalue weighted by Gasteiger charge is -2.38. The molecule has 1 saturated heterocycles. The molecule has 0 bridgehead atoms. The number of rotatable bonds is 7. The smallest absolute Gasteiger partial charge is 0.410 e. The molecule has 3 rings (SSSR count). The first-order valence-electron chi connectivity index (χ1n) is 12.8. The average Bonchev–Trinajstić information content (AvgIpc) is 2.90. The molecule has 1 aliphatic heterocycles. The summed E-state index contributed by atoms with van der Waals surface area (Å²) in [5, 5.41) is 0. The van der Waals surface area contributed by atoms with Crippen LogP contribution in [0.2, 0.25) is 0 Å². The zero-order valence-electron chi connectivity index (χ0n) is 22.5. The lowest BCUT2D eigenvalue weighted by molar-refractivity contribution is -0.162. The van der Waals surface area contributed by atoms with Crippen molar-refractivity contribution in [2.45, 2.75) is 65.3 Å². The van der Waals surface area contributed by atoms with E-state index in [1.54, 1.807) is 36.1 Å². The van der Waals surface area contributed by atoms with E-state index in [0.29, 0.717) is 31.5 Å². The maximum atomic E-state index is 13.0. The molecule has 0 aliphatic carbocycles. The Balaban J connectivity index is 1.65. The van der Waals surface area contributed by atoms with Crippen LogP contribution in [-0.4, -0.2) is 65.1 Å². The summed E-state index contributed by atoms with van der Waals surface area (Å²) in [6, 6.07) is 15.9. The molecule has 0 unspecified atom stereocenters. The molecular formula is C29H36N2O7. The monoisotopic (exact) mass is 524 g/mol. The molecule has 0 saturated carbocycles. The molecule has 0 aromatic heterocycles. The van der Waals surface area contributed by atoms with Crippen LogP contribution in [0.5, 0.6) is 0 Å². The molecule has 0 N–H and O–H groups in total. The second-order valence-corrected chi connectivity index (χ2v) is 10.1. The zero-order valence-corrected chi connectivity index (χ0v) is 22.5. The van der Waals surface area contributed by atoms with Crippen LogP contribution in [0.15, 0.2) is 54.6 Å². The largest absolute Gasteiger partial charge is 0.459 e. The number of hydrogen-bond acceptors (Lipinski definition) is 7. The van der Waals surface area contributed by atoms with Crippen molar-refractivity contribution in [1.29, 1.82) is 0 Å². The van der Waals surface area contributed by atoms with Crippen LogP contribution < -0.4 is 0 Å². The van der Waals surface area contributed by atoms with Crippen molar-refractivity contribution in [3.05, 3.63) is 71.3 Å². The molecule has 0 radical (unpaired) electrons. The SMILES string of the molecule is CCOC(=O)C(=O)N(Cc1ccc(C(=O)OCc2ccccc2)cc1)C1CCN(C(=O)OC(C)(C)C)CC1. The number of ether oxygens (including phenoxy) is 3. The predicted molar refractivity (Wildman–Crippen MR) is 140 cm³/mol. The van der Waals surface area contributed by atoms with Crippen molar-refractivity contribution >= 4 is 23.9 Å². The summed E-state index contributed by atoms with van der Waals surface area (Å²) >= 11 is 0. The first-order valence-corrected chi connectivity index (χ1v) is 12.8. The first-order chi connectivity index (χ1) is 18.1. The Morgan fingerprint density at radius 2 is 1.53 bits per heavy atom. The van der Waals surface area contributed by atoms with Gasteiger partial charge in [0.15, 0.2) is 0 Å². The van der Waals surface area contributed by atoms with Crippen LogP contribution in [0.3, 0.4) is 0 Å². The molecule has 1 fully saturated rings. The summed E-state index contributed by atoms with van der Waals surface area (Å²) < 4.78 is 15.8. The molecular weight excluding hydrogens is 488 g/mol. The van der Waals surface area contributed by atoms with Crippen LogP contribution in [0.1, 0.15) is 62.0 Å². The van der Waals surface area contributed by atoms with Crippen molar-refractivity contribution in [3.63, 3.8) is 0 Å². The van der Waals surface area contributed by atoms with E-state index in [2.05, 4.69) is 0 Å². The van der Waals surface area contributed by atoms with E-state index in [4.69, 9.17) is 14.2 Å². The highest BCUT2D eigenvalue weighted by Crippen LogP contribution is 2.22. The Labute approximate surface area is 223 Å². The quantitative estimate of drug-likeness (QED) is 0.302. The van der Waals surface area contributed by atoms with Gasteiger partial charge in [-0.2, -0.15) is 0 Å². The number of amides is 2. The molecule has 9 nitrogen and oxygen atoms in total. The number of carbonyl (C=O) groups is 4. The van der Waals surface area contributed by atoms with Gasteiger partial charge in [-0.1, -0.05) is 42.5 Å². The molecule has 204 valence electrons. The average molecular weight is 525 g/mol. The van der Waals surface area contributed by atoms with E-state index in [-0.39, 0.29) is 25.8 Å². The second kappa shape index (κ2) is 13.1. The third-order valence-corrected chi connectivity index (χ3v) is 6.02. The van der Waals surface area contributed by atoms with E-state index in [9.17, 15) is 19.2 Å². The van der Waals surface area contributed by atoms with Gasteiger partial charge >= 0.3 is 23.9 Å². The number of carbonyl (C=O) groups excluding carboxylic acids is 4. The summed E-state index contributed by atoms with van der Waals surface area (Å²) in [5.41, 5.74) is 1.43. The molecule has 0 atom stereocenters. The minimum absolute atomic E-state index is 0.0926. The number of benzene rings is 2. The minimum Gasteiger partial charge on any atom is -0.459 e. The second-order valence-electron chi connectivity index (χ2n) is 10.1. The van der Waals surface area contributed by atoms with Gasteiger partial charge in [0.05, 0.1) is 12.2 Å². The van der Waals surface area contributed by atoms with Gasteiger partial charge in [-0.25, -0.2) is 14.4 Å². The van der Waals surface area contributed by atoms with Crippen molar-refractivity contribution < 1.29 is 33.4 Å². The van der Waals surface area contributed by atoms with Crippen molar-refractivity contribution in [2.75, 3.05) is 19.7 Å². The maximum absolute atomic E-state index is 13.0. The highest BCUT2D eigenvalue weighted by Gasteiger charge is 2.34. The van der Waals surface area contributed by atoms with Crippen molar-refractivity contribution in [3.8, 4) is 0 Å². The van der Waals surface area contributed by atoms with Crippen LogP contribution in [0.25, 0.3) is 0 Å². The molecule has 2 amide bonds. The lowest BCUT2D eigenvalue weighted by Crippen LogP contribution is -2.51. The van der Waals surface area contributed by atoms with E-state index in [1.165, 1.54) is 4.90 Å². The van der Waals surface area contributed by atoms with E-state index >= 15 is 0 Å². The van der Waals surface area contributed by atoms with Gasteiger partial charge in [-0.3, -0.25) is 4.79 Å². The predicted octanol–water partition coefficient (Wildman–Crippen LogP) is 4.33. The standard InChI is InChI=1S/C29H36N2O7/c1-5-36-27(34)25(32)31(24-15-17-30(18-16-24)28(35)38-29(2,3)4)19-21-11-13-23(14-12-21)26(33)37-20-22-9-7-6-8-10-22/h6-14,24H,5,15-20H2,1-4H3. The van der Waals surface area contributed by atoms with Gasteiger partial charge in [-0.15, -0.1) is 0 Å². The van der Waals surface area contributed by atoms with E-state index in [0.717, 1.165) is 11.1 Å². The molecule has 38 heavy (non-hydrogen) atoms. The van der Waals surface area contributed by atoms with Gasteiger partial charge in [-0.05, 0) is 63.8 Å². The summed E-state index contributed by atoms with van der Waals surface area (Å²) in [6.45, 7) is 8.30. The van der Waals surface area contributed by atoms with Crippen molar-refractivity contribution in [1.82, 2.24) is 9.80 Å². The maximum Gasteiger partial charge on any atom is 0.410 e. The number of nitrogens with zero attached hydrogens (tertiary/aromatic N) is 2. The fourth-order valence-corrected chi connectivity index (χ4v) is 4.11. The number of likely N-dealkylation sites (tertiary alicyclic amines) is 1. The van der Waals surface area contributed by atoms with Gasteiger partial charge in [0.2, 0.25) is 0 Å². The number of esters is 2. The van der Waals surface area contributed by atoms with Crippen LogP contribution >= 0.6 is 0 Å². The molecule has 9 heteroatoms. The number of piperidine rings is 1. The van der Waals surface area contributed by atoms with Gasteiger partial charge in [0.25, 0.3) is 0 Å². The fourth-order valence-electron chi connectivity index (χ4n) is 4.11. The Morgan fingerprint density at radius 1 is 0.895 bits per heavy atom. The topological polar surface area (TPSA) is 102 Å². The van der Waals surface area contributed by atoms with Crippen LogP contribution in [0.4, 0.5) is 4.79 Å². The summed E-state index contributed by atoms with van der Waals surface area (Å²) in [5.74, 6) is -2.09. The Bertz CT molecular complexity index is 1100. The Morgan fingerprint density at radius 3 is 2.11 bits per heavy atom. The zero-order chi connectivity index (χ0) is 27.7. The summed E-state index contributed by atoms with van der Waals surface area (Å²) in [7, 11) is 0. The van der Waals surface area contributed by atoms with Gasteiger partial charge in [0.1, 0.15) is 12.2 Å². The third-order valence-electron chi connectivity index (χ3n) is 6.02. The van der Waals surface area contributed by atoms with Gasteiger partial charge < -0.3 is 24.0 Å². The third kappa shape index (κ3) is 8.33. The summed E-state index contributed by atoms with van der Waals surface area (Å²) in [6.07, 6.45) is 0.594. The van der Waals surface area contributed by atoms with E-state index < -0.39 is 29.5 Å². The molecule has 2 aromatic carbocycles. The fraction of sp³-hybridized carbons (Fsp3) is 0.448. The molecule has 1 heterocycles. The molecule has 0 spiro atoms. The number of hydrogen-bond donors (Lipinski definition) is 0. The van der Waals surface area contributed by atoms with Gasteiger partial charge in [0, 0.05) is 25.7 Å². The van der Waals surface area contributed by atoms with E-state index in [1.807, 2.05) is 51.1 Å². The van der Waals surface area contributed by atoms with Crippen LogP contribution in [0, 0.1) is 0 Å².